The maximum atomic E-state index is 13.2. The molecule has 0 aromatic heterocycles. The SMILES string of the molecule is CON(C)C(=O)/C=C1/CCc2ccc(F)cc21. The molecule has 0 spiro atoms. The molecule has 0 saturated carbocycles. The lowest BCUT2D eigenvalue weighted by molar-refractivity contribution is -0.162. The smallest absolute Gasteiger partial charge is 0.270 e. The molecule has 1 aliphatic carbocycles. The molecule has 0 fully saturated rings. The molecule has 0 atom stereocenters. The first-order valence-electron chi connectivity index (χ1n) is 5.43. The van der Waals surface area contributed by atoms with Crippen LogP contribution in [0.2, 0.25) is 0 Å². The number of nitrogens with zero attached hydrogens (tertiary/aromatic N) is 1. The van der Waals surface area contributed by atoms with Crippen molar-refractivity contribution in [1.82, 2.24) is 5.06 Å². The number of benzene rings is 1. The number of hydrogen-bond donors (Lipinski definition) is 0. The third kappa shape index (κ3) is 2.36. The highest BCUT2D eigenvalue weighted by Crippen LogP contribution is 2.32. The Morgan fingerprint density at radius 1 is 1.47 bits per heavy atom. The number of hydrogen-bond acceptors (Lipinski definition) is 2. The average molecular weight is 235 g/mol. The molecule has 1 aliphatic rings. The van der Waals surface area contributed by atoms with Crippen LogP contribution in [0.25, 0.3) is 5.57 Å². The summed E-state index contributed by atoms with van der Waals surface area (Å²) in [7, 11) is 2.97. The zero-order valence-corrected chi connectivity index (χ0v) is 9.87. The first kappa shape index (κ1) is 11.8. The predicted octanol–water partition coefficient (Wildman–Crippen LogP) is 2.18. The summed E-state index contributed by atoms with van der Waals surface area (Å²) in [5.41, 5.74) is 2.79. The van der Waals surface area contributed by atoms with E-state index >= 15 is 0 Å². The average Bonchev–Trinajstić information content (AvgIpc) is 2.71. The molecule has 0 radical (unpaired) electrons. The Kier molecular flexibility index (Phi) is 3.24. The van der Waals surface area contributed by atoms with Crippen molar-refractivity contribution < 1.29 is 14.0 Å². The van der Waals surface area contributed by atoms with Crippen molar-refractivity contribution in [2.45, 2.75) is 12.8 Å². The summed E-state index contributed by atoms with van der Waals surface area (Å²) in [5.74, 6) is -0.510. The zero-order valence-electron chi connectivity index (χ0n) is 9.87. The quantitative estimate of drug-likeness (QED) is 0.581. The van der Waals surface area contributed by atoms with Gasteiger partial charge in [-0.05, 0) is 41.7 Å². The third-order valence-electron chi connectivity index (χ3n) is 2.96. The Morgan fingerprint density at radius 2 is 2.24 bits per heavy atom. The van der Waals surface area contributed by atoms with Crippen molar-refractivity contribution >= 4 is 11.5 Å². The molecule has 0 heterocycles. The van der Waals surface area contributed by atoms with E-state index in [1.165, 1.54) is 25.3 Å². The summed E-state index contributed by atoms with van der Waals surface area (Å²) in [6, 6.07) is 4.70. The predicted molar refractivity (Wildman–Crippen MR) is 62.5 cm³/mol. The second kappa shape index (κ2) is 4.67. The Bertz CT molecular complexity index is 482. The molecule has 0 aliphatic heterocycles. The van der Waals surface area contributed by atoms with Crippen LogP contribution in [-0.2, 0) is 16.1 Å². The van der Waals surface area contributed by atoms with Crippen molar-refractivity contribution in [3.05, 3.63) is 41.2 Å². The summed E-state index contributed by atoms with van der Waals surface area (Å²) in [5, 5.41) is 1.14. The van der Waals surface area contributed by atoms with Gasteiger partial charge in [0, 0.05) is 13.1 Å². The van der Waals surface area contributed by atoms with Gasteiger partial charge in [0.15, 0.2) is 0 Å². The second-order valence-electron chi connectivity index (χ2n) is 3.99. The zero-order chi connectivity index (χ0) is 12.4. The minimum absolute atomic E-state index is 0.236. The van der Waals surface area contributed by atoms with E-state index in [4.69, 9.17) is 4.84 Å². The van der Waals surface area contributed by atoms with Crippen LogP contribution in [0, 0.1) is 5.82 Å². The molecule has 0 saturated heterocycles. The van der Waals surface area contributed by atoms with Crippen LogP contribution in [-0.4, -0.2) is 25.1 Å². The molecule has 1 aromatic carbocycles. The summed E-state index contributed by atoms with van der Waals surface area (Å²) < 4.78 is 13.2. The highest BCUT2D eigenvalue weighted by Gasteiger charge is 2.18. The largest absolute Gasteiger partial charge is 0.274 e. The number of allylic oxidation sites excluding steroid dienone is 1. The van der Waals surface area contributed by atoms with E-state index in [0.717, 1.165) is 34.6 Å². The van der Waals surface area contributed by atoms with Gasteiger partial charge >= 0.3 is 0 Å². The number of carbonyl (C=O) groups is 1. The van der Waals surface area contributed by atoms with Gasteiger partial charge in [0.2, 0.25) is 0 Å². The standard InChI is InChI=1S/C13H14FNO2/c1-15(17-2)13(16)7-10-4-3-9-5-6-11(14)8-12(9)10/h5-8H,3-4H2,1-2H3/b10-7-. The molecular weight excluding hydrogens is 221 g/mol. The van der Waals surface area contributed by atoms with Crippen LogP contribution in [0.5, 0.6) is 0 Å². The van der Waals surface area contributed by atoms with Gasteiger partial charge in [-0.3, -0.25) is 9.63 Å². The highest BCUT2D eigenvalue weighted by molar-refractivity contribution is 5.95. The first-order valence-corrected chi connectivity index (χ1v) is 5.43. The summed E-state index contributed by atoms with van der Waals surface area (Å²) in [4.78, 5) is 16.5. The van der Waals surface area contributed by atoms with Crippen molar-refractivity contribution in [2.75, 3.05) is 14.2 Å². The first-order chi connectivity index (χ1) is 8.11. The molecule has 1 amide bonds. The Labute approximate surface area is 99.4 Å². The highest BCUT2D eigenvalue weighted by atomic mass is 19.1. The number of aryl methyl sites for hydroxylation is 1. The van der Waals surface area contributed by atoms with E-state index in [2.05, 4.69) is 0 Å². The number of likely N-dealkylation sites (N-methyl/N-ethyl adjacent to an activating group) is 1. The van der Waals surface area contributed by atoms with E-state index in [1.54, 1.807) is 13.1 Å². The Morgan fingerprint density at radius 3 is 2.94 bits per heavy atom. The summed E-state index contributed by atoms with van der Waals surface area (Å²) in [6.07, 6.45) is 3.13. The number of hydroxylamine groups is 2. The molecule has 4 heteroatoms. The fraction of sp³-hybridized carbons (Fsp3) is 0.308. The Balaban J connectivity index is 2.30. The monoisotopic (exact) mass is 235 g/mol. The minimum atomic E-state index is -0.274. The van der Waals surface area contributed by atoms with Crippen LogP contribution in [0.1, 0.15) is 17.5 Å². The van der Waals surface area contributed by atoms with Crippen LogP contribution in [0.4, 0.5) is 4.39 Å². The molecule has 0 N–H and O–H groups in total. The molecule has 2 rings (SSSR count). The van der Waals surface area contributed by atoms with Crippen LogP contribution in [0.3, 0.4) is 0 Å². The lowest BCUT2D eigenvalue weighted by Crippen LogP contribution is -2.23. The normalized spacial score (nSPS) is 16.1. The van der Waals surface area contributed by atoms with Crippen LogP contribution in [0.15, 0.2) is 24.3 Å². The number of fused-ring (bicyclic) bond motifs is 1. The molecular formula is C13H14FNO2. The lowest BCUT2D eigenvalue weighted by Gasteiger charge is -2.11. The third-order valence-corrected chi connectivity index (χ3v) is 2.96. The van der Waals surface area contributed by atoms with Gasteiger partial charge < -0.3 is 0 Å². The minimum Gasteiger partial charge on any atom is -0.274 e. The molecule has 17 heavy (non-hydrogen) atoms. The van der Waals surface area contributed by atoms with Crippen molar-refractivity contribution in [1.29, 1.82) is 0 Å². The van der Waals surface area contributed by atoms with Gasteiger partial charge in [0.1, 0.15) is 5.82 Å². The number of amides is 1. The van der Waals surface area contributed by atoms with E-state index in [9.17, 15) is 9.18 Å². The van der Waals surface area contributed by atoms with Gasteiger partial charge in [0.25, 0.3) is 5.91 Å². The maximum Gasteiger partial charge on any atom is 0.270 e. The van der Waals surface area contributed by atoms with E-state index in [-0.39, 0.29) is 11.7 Å². The maximum absolute atomic E-state index is 13.2. The van der Waals surface area contributed by atoms with E-state index < -0.39 is 0 Å². The van der Waals surface area contributed by atoms with E-state index in [0.29, 0.717) is 0 Å². The summed E-state index contributed by atoms with van der Waals surface area (Å²) in [6.45, 7) is 0. The summed E-state index contributed by atoms with van der Waals surface area (Å²) >= 11 is 0. The van der Waals surface area contributed by atoms with Gasteiger partial charge in [0.05, 0.1) is 7.11 Å². The number of carbonyl (C=O) groups excluding carboxylic acids is 1. The van der Waals surface area contributed by atoms with Crippen LogP contribution < -0.4 is 0 Å². The van der Waals surface area contributed by atoms with Crippen molar-refractivity contribution in [2.24, 2.45) is 0 Å². The fourth-order valence-electron chi connectivity index (χ4n) is 1.95. The molecule has 3 nitrogen and oxygen atoms in total. The van der Waals surface area contributed by atoms with Crippen molar-refractivity contribution in [3.8, 4) is 0 Å². The van der Waals surface area contributed by atoms with Gasteiger partial charge in [-0.1, -0.05) is 6.07 Å². The topological polar surface area (TPSA) is 29.5 Å². The fourth-order valence-corrected chi connectivity index (χ4v) is 1.95. The van der Waals surface area contributed by atoms with Gasteiger partial charge in [-0.2, -0.15) is 0 Å². The van der Waals surface area contributed by atoms with Crippen molar-refractivity contribution in [3.63, 3.8) is 0 Å². The second-order valence-corrected chi connectivity index (χ2v) is 3.99. The molecule has 0 unspecified atom stereocenters. The van der Waals surface area contributed by atoms with Gasteiger partial charge in [-0.25, -0.2) is 9.45 Å². The van der Waals surface area contributed by atoms with E-state index in [1.807, 2.05) is 0 Å². The molecule has 0 bridgehead atoms. The lowest BCUT2D eigenvalue weighted by atomic mass is 10.1. The Hall–Kier alpha value is -1.68. The van der Waals surface area contributed by atoms with Gasteiger partial charge in [-0.15, -0.1) is 0 Å². The molecule has 90 valence electrons. The van der Waals surface area contributed by atoms with Crippen LogP contribution >= 0.6 is 0 Å². The molecule has 1 aromatic rings. The number of rotatable bonds is 2. The number of halogens is 1.